The molecule has 1 heterocycles. The molecule has 31 heavy (non-hydrogen) atoms. The molecule has 0 bridgehead atoms. The van der Waals surface area contributed by atoms with Crippen LogP contribution in [0.15, 0.2) is 78.9 Å². The fourth-order valence-corrected chi connectivity index (χ4v) is 3.31. The molecule has 0 atom stereocenters. The van der Waals surface area contributed by atoms with Gasteiger partial charge in [0.2, 0.25) is 0 Å². The van der Waals surface area contributed by atoms with E-state index in [1.165, 1.54) is 7.11 Å². The molecule has 0 saturated heterocycles. The molecule has 0 aliphatic heterocycles. The lowest BCUT2D eigenvalue weighted by Crippen LogP contribution is -2.13. The maximum Gasteiger partial charge on any atom is 0.337 e. The van der Waals surface area contributed by atoms with E-state index in [-0.39, 0.29) is 5.91 Å². The Morgan fingerprint density at radius 3 is 2.39 bits per heavy atom. The third-order valence-corrected chi connectivity index (χ3v) is 4.89. The number of pyridine rings is 1. The second-order valence-electron chi connectivity index (χ2n) is 6.83. The van der Waals surface area contributed by atoms with Gasteiger partial charge < -0.3 is 14.8 Å². The van der Waals surface area contributed by atoms with Gasteiger partial charge in [0.1, 0.15) is 5.75 Å². The van der Waals surface area contributed by atoms with E-state index in [2.05, 4.69) is 5.32 Å². The first-order valence-electron chi connectivity index (χ1n) is 9.63. The number of carbonyl (C=O) groups excluding carboxylic acids is 2. The standard InChI is InChI=1S/C25H20N2O4/c1-30-19-12-10-16(11-13-19)23-15-21(20-8-3-4-9-22(20)27-23)24(28)26-18-7-5-6-17(14-18)25(29)31-2/h3-15H,1-2H3,(H,26,28). The number of esters is 1. The van der Waals surface area contributed by atoms with Crippen molar-refractivity contribution in [3.05, 3.63) is 90.0 Å². The van der Waals surface area contributed by atoms with Gasteiger partial charge >= 0.3 is 5.97 Å². The number of amides is 1. The molecular weight excluding hydrogens is 392 g/mol. The summed E-state index contributed by atoms with van der Waals surface area (Å²) >= 11 is 0. The Morgan fingerprint density at radius 1 is 0.871 bits per heavy atom. The number of nitrogens with zero attached hydrogens (tertiary/aromatic N) is 1. The van der Waals surface area contributed by atoms with E-state index in [4.69, 9.17) is 14.5 Å². The number of rotatable bonds is 5. The van der Waals surface area contributed by atoms with Gasteiger partial charge in [0.25, 0.3) is 5.91 Å². The van der Waals surface area contributed by atoms with Gasteiger partial charge in [-0.3, -0.25) is 4.79 Å². The van der Waals surface area contributed by atoms with Crippen molar-refractivity contribution in [1.82, 2.24) is 4.98 Å². The van der Waals surface area contributed by atoms with Crippen LogP contribution in [0.3, 0.4) is 0 Å². The summed E-state index contributed by atoms with van der Waals surface area (Å²) in [6.45, 7) is 0. The normalized spacial score (nSPS) is 10.5. The molecule has 0 spiro atoms. The van der Waals surface area contributed by atoms with Gasteiger partial charge in [-0.1, -0.05) is 24.3 Å². The Balaban J connectivity index is 1.73. The molecule has 0 fully saturated rings. The molecule has 6 nitrogen and oxygen atoms in total. The molecule has 1 amide bonds. The van der Waals surface area contributed by atoms with E-state index < -0.39 is 5.97 Å². The second kappa shape index (κ2) is 8.67. The quantitative estimate of drug-likeness (QED) is 0.469. The number of carbonyl (C=O) groups is 2. The maximum absolute atomic E-state index is 13.2. The summed E-state index contributed by atoms with van der Waals surface area (Å²) in [5.41, 5.74) is 3.60. The van der Waals surface area contributed by atoms with Gasteiger partial charge in [-0.05, 0) is 54.6 Å². The molecule has 0 aliphatic rings. The zero-order valence-electron chi connectivity index (χ0n) is 17.1. The first kappa shape index (κ1) is 20.1. The van der Waals surface area contributed by atoms with E-state index >= 15 is 0 Å². The average Bonchev–Trinajstić information content (AvgIpc) is 2.83. The van der Waals surface area contributed by atoms with Crippen molar-refractivity contribution in [3.8, 4) is 17.0 Å². The van der Waals surface area contributed by atoms with Gasteiger partial charge in [-0.2, -0.15) is 0 Å². The van der Waals surface area contributed by atoms with Crippen LogP contribution in [-0.2, 0) is 4.74 Å². The molecule has 0 aliphatic carbocycles. The lowest BCUT2D eigenvalue weighted by atomic mass is 10.0. The number of hydrogen-bond acceptors (Lipinski definition) is 5. The van der Waals surface area contributed by atoms with Gasteiger partial charge in [-0.15, -0.1) is 0 Å². The molecule has 4 rings (SSSR count). The van der Waals surface area contributed by atoms with Crippen LogP contribution in [-0.4, -0.2) is 31.1 Å². The molecular formula is C25H20N2O4. The van der Waals surface area contributed by atoms with Gasteiger partial charge in [0.05, 0.1) is 36.6 Å². The van der Waals surface area contributed by atoms with Crippen molar-refractivity contribution < 1.29 is 19.1 Å². The number of anilines is 1. The highest BCUT2D eigenvalue weighted by Crippen LogP contribution is 2.27. The van der Waals surface area contributed by atoms with E-state index in [0.29, 0.717) is 28.0 Å². The zero-order valence-corrected chi connectivity index (χ0v) is 17.1. The number of fused-ring (bicyclic) bond motifs is 1. The third-order valence-electron chi connectivity index (χ3n) is 4.89. The highest BCUT2D eigenvalue weighted by molar-refractivity contribution is 6.13. The number of benzene rings is 3. The number of para-hydroxylation sites is 1. The highest BCUT2D eigenvalue weighted by Gasteiger charge is 2.15. The van der Waals surface area contributed by atoms with E-state index in [0.717, 1.165) is 16.7 Å². The van der Waals surface area contributed by atoms with E-state index in [9.17, 15) is 9.59 Å². The Bertz CT molecular complexity index is 1270. The number of aromatic nitrogens is 1. The summed E-state index contributed by atoms with van der Waals surface area (Å²) in [5.74, 6) is -0.0179. The van der Waals surface area contributed by atoms with Gasteiger partial charge in [0, 0.05) is 16.6 Å². The largest absolute Gasteiger partial charge is 0.497 e. The molecule has 154 valence electrons. The van der Waals surface area contributed by atoms with Crippen LogP contribution >= 0.6 is 0 Å². The third kappa shape index (κ3) is 4.23. The summed E-state index contributed by atoms with van der Waals surface area (Å²) in [6.07, 6.45) is 0. The molecule has 6 heteroatoms. The summed E-state index contributed by atoms with van der Waals surface area (Å²) in [5, 5.41) is 3.61. The summed E-state index contributed by atoms with van der Waals surface area (Å²) in [4.78, 5) is 29.7. The SMILES string of the molecule is COC(=O)c1cccc(NC(=O)c2cc(-c3ccc(OC)cc3)nc3ccccc23)c1. The lowest BCUT2D eigenvalue weighted by Gasteiger charge is -2.11. The van der Waals surface area contributed by atoms with Crippen molar-refractivity contribution in [3.63, 3.8) is 0 Å². The predicted molar refractivity (Wildman–Crippen MR) is 119 cm³/mol. The highest BCUT2D eigenvalue weighted by atomic mass is 16.5. The minimum absolute atomic E-state index is 0.296. The maximum atomic E-state index is 13.2. The van der Waals surface area contributed by atoms with Crippen LogP contribution in [0.25, 0.3) is 22.2 Å². The molecule has 1 aromatic heterocycles. The molecule has 3 aromatic carbocycles. The first-order valence-corrected chi connectivity index (χ1v) is 9.63. The fraction of sp³-hybridized carbons (Fsp3) is 0.0800. The number of nitrogens with one attached hydrogen (secondary N) is 1. The molecule has 1 N–H and O–H groups in total. The van der Waals surface area contributed by atoms with E-state index in [1.807, 2.05) is 48.5 Å². The number of hydrogen-bond donors (Lipinski definition) is 1. The Morgan fingerprint density at radius 2 is 1.65 bits per heavy atom. The van der Waals surface area contributed by atoms with Crippen molar-refractivity contribution in [2.24, 2.45) is 0 Å². The van der Waals surface area contributed by atoms with Crippen LogP contribution in [0.1, 0.15) is 20.7 Å². The molecule has 0 unspecified atom stereocenters. The predicted octanol–water partition coefficient (Wildman–Crippen LogP) is 4.95. The van der Waals surface area contributed by atoms with Crippen LogP contribution in [0, 0.1) is 0 Å². The molecule has 0 radical (unpaired) electrons. The zero-order chi connectivity index (χ0) is 21.8. The Hall–Kier alpha value is -4.19. The van der Waals surface area contributed by atoms with Gasteiger partial charge in [0.15, 0.2) is 0 Å². The Labute approximate surface area is 179 Å². The van der Waals surface area contributed by atoms with Crippen molar-refractivity contribution in [2.75, 3.05) is 19.5 Å². The number of ether oxygens (including phenoxy) is 2. The fourth-order valence-electron chi connectivity index (χ4n) is 3.31. The van der Waals surface area contributed by atoms with E-state index in [1.54, 1.807) is 37.4 Å². The Kier molecular flexibility index (Phi) is 5.62. The van der Waals surface area contributed by atoms with Crippen molar-refractivity contribution in [1.29, 1.82) is 0 Å². The average molecular weight is 412 g/mol. The topological polar surface area (TPSA) is 77.5 Å². The summed E-state index contributed by atoms with van der Waals surface area (Å²) in [6, 6.07) is 23.4. The van der Waals surface area contributed by atoms with Crippen LogP contribution in [0.5, 0.6) is 5.75 Å². The van der Waals surface area contributed by atoms with Crippen LogP contribution in [0.4, 0.5) is 5.69 Å². The lowest BCUT2D eigenvalue weighted by molar-refractivity contribution is 0.0600. The molecule has 4 aromatic rings. The van der Waals surface area contributed by atoms with Crippen LogP contribution in [0.2, 0.25) is 0 Å². The van der Waals surface area contributed by atoms with Crippen molar-refractivity contribution >= 4 is 28.5 Å². The monoisotopic (exact) mass is 412 g/mol. The minimum Gasteiger partial charge on any atom is -0.497 e. The second-order valence-corrected chi connectivity index (χ2v) is 6.83. The summed E-state index contributed by atoms with van der Waals surface area (Å²) in [7, 11) is 2.93. The number of methoxy groups -OCH3 is 2. The smallest absolute Gasteiger partial charge is 0.337 e. The van der Waals surface area contributed by atoms with Gasteiger partial charge in [-0.25, -0.2) is 9.78 Å². The summed E-state index contributed by atoms with van der Waals surface area (Å²) < 4.78 is 9.97. The molecule has 0 saturated carbocycles. The van der Waals surface area contributed by atoms with Crippen LogP contribution < -0.4 is 10.1 Å². The van der Waals surface area contributed by atoms with Crippen molar-refractivity contribution in [2.45, 2.75) is 0 Å². The minimum atomic E-state index is -0.466. The first-order chi connectivity index (χ1) is 15.1.